The summed E-state index contributed by atoms with van der Waals surface area (Å²) in [6.45, 7) is 0. The molecule has 1 aromatic carbocycles. The molecule has 2 bridgehead atoms. The van der Waals surface area contributed by atoms with Crippen LogP contribution in [0, 0.1) is 0 Å². The zero-order valence-corrected chi connectivity index (χ0v) is 8.47. The van der Waals surface area contributed by atoms with Crippen LogP contribution < -0.4 is 5.73 Å². The lowest BCUT2D eigenvalue weighted by molar-refractivity contribution is -0.137. The van der Waals surface area contributed by atoms with Gasteiger partial charge in [-0.25, -0.2) is 4.98 Å². The Bertz CT molecular complexity index is 547. The maximum Gasteiger partial charge on any atom is 0.416 e. The highest BCUT2D eigenvalue weighted by Gasteiger charge is 2.33. The first kappa shape index (κ1) is 10.9. The number of alkyl halides is 3. The Kier molecular flexibility index (Phi) is 2.35. The Morgan fingerprint density at radius 1 is 1.12 bits per heavy atom. The summed E-state index contributed by atoms with van der Waals surface area (Å²) in [6.07, 6.45) is -4.27. The fourth-order valence-electron chi connectivity index (χ4n) is 1.69. The molecule has 2 aromatic rings. The quantitative estimate of drug-likeness (QED) is 0.640. The van der Waals surface area contributed by atoms with E-state index in [0.717, 1.165) is 12.1 Å². The fraction of sp³-hybridized carbons (Fsp3) is 0.182. The van der Waals surface area contributed by atoms with Gasteiger partial charge in [0.15, 0.2) is 0 Å². The van der Waals surface area contributed by atoms with E-state index < -0.39 is 11.7 Å². The summed E-state index contributed by atoms with van der Waals surface area (Å²) in [5, 5.41) is 0.560. The van der Waals surface area contributed by atoms with Crippen molar-refractivity contribution < 1.29 is 13.2 Å². The van der Waals surface area contributed by atoms with Crippen molar-refractivity contribution in [1.29, 1.82) is 0 Å². The lowest BCUT2D eigenvalue weighted by atomic mass is 9.95. The molecule has 0 saturated carbocycles. The minimum atomic E-state index is -4.27. The number of pyridine rings is 1. The van der Waals surface area contributed by atoms with Crippen LogP contribution in [0.3, 0.4) is 0 Å². The molecule has 0 saturated heterocycles. The lowest BCUT2D eigenvalue weighted by Gasteiger charge is -2.18. The van der Waals surface area contributed by atoms with Crippen molar-refractivity contribution in [2.24, 2.45) is 5.73 Å². The van der Waals surface area contributed by atoms with Gasteiger partial charge in [0.05, 0.1) is 16.8 Å². The number of hydrogen-bond acceptors (Lipinski definition) is 2. The van der Waals surface area contributed by atoms with Crippen LogP contribution in [0.5, 0.6) is 0 Å². The van der Waals surface area contributed by atoms with E-state index in [0.29, 0.717) is 22.2 Å². The predicted octanol–water partition coefficient (Wildman–Crippen LogP) is 2.81. The third-order valence-electron chi connectivity index (χ3n) is 2.40. The third-order valence-corrected chi connectivity index (χ3v) is 2.40. The summed E-state index contributed by atoms with van der Waals surface area (Å²) in [4.78, 5) is 4.06. The van der Waals surface area contributed by atoms with E-state index in [1.54, 1.807) is 12.1 Å². The molecule has 0 fully saturated rings. The van der Waals surface area contributed by atoms with E-state index in [-0.39, 0.29) is 0 Å². The van der Waals surface area contributed by atoms with Crippen molar-refractivity contribution in [2.75, 3.05) is 7.05 Å². The van der Waals surface area contributed by atoms with Gasteiger partial charge in [0.2, 0.25) is 0 Å². The summed E-state index contributed by atoms with van der Waals surface area (Å²) in [5.41, 5.74) is 5.87. The van der Waals surface area contributed by atoms with Gasteiger partial charge >= 0.3 is 6.18 Å². The van der Waals surface area contributed by atoms with E-state index in [1.807, 2.05) is 0 Å². The van der Waals surface area contributed by atoms with Gasteiger partial charge in [0.1, 0.15) is 0 Å². The SMILES string of the molecule is CN.FC(F)(F)c1cc2c3nc-2ccc3c1. The van der Waals surface area contributed by atoms with Crippen molar-refractivity contribution in [3.8, 4) is 11.3 Å². The van der Waals surface area contributed by atoms with E-state index in [2.05, 4.69) is 10.7 Å². The van der Waals surface area contributed by atoms with Crippen molar-refractivity contribution in [3.05, 3.63) is 29.8 Å². The summed E-state index contributed by atoms with van der Waals surface area (Å²) in [7, 11) is 1.50. The van der Waals surface area contributed by atoms with Gasteiger partial charge in [-0.3, -0.25) is 0 Å². The second-order valence-corrected chi connectivity index (χ2v) is 3.29. The Balaban J connectivity index is 0.000000457. The lowest BCUT2D eigenvalue weighted by Crippen LogP contribution is -2.08. The molecular weight excluding hydrogens is 217 g/mol. The first-order valence-corrected chi connectivity index (χ1v) is 4.66. The van der Waals surface area contributed by atoms with Gasteiger partial charge in [-0.15, -0.1) is 0 Å². The largest absolute Gasteiger partial charge is 0.416 e. The molecule has 1 aromatic heterocycles. The minimum absolute atomic E-state index is 0.560. The number of rotatable bonds is 0. The molecule has 0 amide bonds. The molecule has 1 aliphatic rings. The highest BCUT2D eigenvalue weighted by Crippen LogP contribution is 2.40. The minimum Gasteiger partial charge on any atom is -0.333 e. The Morgan fingerprint density at radius 3 is 2.31 bits per heavy atom. The highest BCUT2D eigenvalue weighted by atomic mass is 19.4. The van der Waals surface area contributed by atoms with Crippen molar-refractivity contribution in [1.82, 2.24) is 4.98 Å². The van der Waals surface area contributed by atoms with Crippen LogP contribution >= 0.6 is 0 Å². The van der Waals surface area contributed by atoms with Crippen LogP contribution in [-0.4, -0.2) is 12.0 Å². The molecule has 0 radical (unpaired) electrons. The number of aromatic nitrogens is 1. The number of fused-ring (bicyclic) bond motifs is 2. The Hall–Kier alpha value is -1.62. The van der Waals surface area contributed by atoms with E-state index >= 15 is 0 Å². The molecule has 0 unspecified atom stereocenters. The molecule has 5 heteroatoms. The predicted molar refractivity (Wildman–Crippen MR) is 55.9 cm³/mol. The molecule has 2 heterocycles. The third kappa shape index (κ3) is 1.44. The van der Waals surface area contributed by atoms with E-state index in [4.69, 9.17) is 0 Å². The monoisotopic (exact) mass is 226 g/mol. The average Bonchev–Trinajstić information content (AvgIpc) is 2.23. The number of hydrogen-bond donors (Lipinski definition) is 1. The second kappa shape index (κ2) is 3.45. The highest BCUT2D eigenvalue weighted by molar-refractivity contribution is 6.00. The molecule has 3 rings (SSSR count). The van der Waals surface area contributed by atoms with Gasteiger partial charge in [-0.05, 0) is 25.2 Å². The molecule has 0 atom stereocenters. The summed E-state index contributed by atoms with van der Waals surface area (Å²) in [5.74, 6) is 0. The summed E-state index contributed by atoms with van der Waals surface area (Å²) < 4.78 is 37.2. The zero-order valence-electron chi connectivity index (χ0n) is 8.47. The second-order valence-electron chi connectivity index (χ2n) is 3.29. The van der Waals surface area contributed by atoms with Crippen LogP contribution in [0.2, 0.25) is 0 Å². The number of halogens is 3. The summed E-state index contributed by atoms with van der Waals surface area (Å²) >= 11 is 0. The van der Waals surface area contributed by atoms with Crippen molar-refractivity contribution in [2.45, 2.75) is 6.18 Å². The molecule has 1 aliphatic heterocycles. The molecule has 0 aliphatic carbocycles. The Morgan fingerprint density at radius 2 is 1.81 bits per heavy atom. The van der Waals surface area contributed by atoms with Crippen molar-refractivity contribution >= 4 is 10.9 Å². The molecule has 2 N–H and O–H groups in total. The molecule has 84 valence electrons. The zero-order chi connectivity index (χ0) is 11.9. The van der Waals surface area contributed by atoms with Crippen molar-refractivity contribution in [3.63, 3.8) is 0 Å². The smallest absolute Gasteiger partial charge is 0.333 e. The number of nitrogens with two attached hydrogens (primary N) is 1. The van der Waals surface area contributed by atoms with Crippen LogP contribution in [0.4, 0.5) is 13.2 Å². The maximum atomic E-state index is 12.4. The normalized spacial score (nSPS) is 12.1. The molecule has 0 spiro atoms. The van der Waals surface area contributed by atoms with Gasteiger partial charge in [-0.1, -0.05) is 6.07 Å². The van der Waals surface area contributed by atoms with Crippen LogP contribution in [0.15, 0.2) is 24.3 Å². The van der Waals surface area contributed by atoms with Gasteiger partial charge in [0, 0.05) is 10.9 Å². The van der Waals surface area contributed by atoms with E-state index in [1.165, 1.54) is 7.05 Å². The first-order valence-electron chi connectivity index (χ1n) is 4.66. The molecule has 16 heavy (non-hydrogen) atoms. The van der Waals surface area contributed by atoms with Gasteiger partial charge in [0.25, 0.3) is 0 Å². The average molecular weight is 226 g/mol. The molecular formula is C11H9F3N2. The van der Waals surface area contributed by atoms with E-state index in [9.17, 15) is 13.2 Å². The Labute approximate surface area is 89.9 Å². The number of nitrogens with zero attached hydrogens (tertiary/aromatic N) is 1. The van der Waals surface area contributed by atoms with Gasteiger partial charge < -0.3 is 5.73 Å². The van der Waals surface area contributed by atoms with Gasteiger partial charge in [-0.2, -0.15) is 13.2 Å². The topological polar surface area (TPSA) is 38.9 Å². The fourth-order valence-corrected chi connectivity index (χ4v) is 1.69. The maximum absolute atomic E-state index is 12.4. The molecule has 2 nitrogen and oxygen atoms in total. The standard InChI is InChI=1S/C10H4F3N.CH5N/c11-10(12,13)6-3-5-1-2-8-7(4-6)9(5)14-8;1-2/h1-4H;2H2,1H3. The first-order chi connectivity index (χ1) is 7.55. The number of benzene rings is 2. The van der Waals surface area contributed by atoms with Crippen LogP contribution in [-0.2, 0) is 6.18 Å². The van der Waals surface area contributed by atoms with Crippen LogP contribution in [0.25, 0.3) is 22.2 Å². The van der Waals surface area contributed by atoms with Crippen LogP contribution in [0.1, 0.15) is 5.56 Å². The summed E-state index contributed by atoms with van der Waals surface area (Å²) in [6, 6.07) is 5.69.